The van der Waals surface area contributed by atoms with E-state index < -0.39 is 0 Å². The lowest BCUT2D eigenvalue weighted by Gasteiger charge is -1.84. The molecule has 1 fully saturated rings. The van der Waals surface area contributed by atoms with Crippen LogP contribution >= 0.6 is 41.2 Å². The Hall–Kier alpha value is 1.40. The van der Waals surface area contributed by atoms with Crippen LogP contribution in [0.1, 0.15) is 6.42 Å². The van der Waals surface area contributed by atoms with E-state index in [2.05, 4.69) is 5.75 Å². The van der Waals surface area contributed by atoms with Crippen LogP contribution in [0, 0.1) is 5.75 Å². The third kappa shape index (κ3) is 3.06. The van der Waals surface area contributed by atoms with Crippen LogP contribution in [0.5, 0.6) is 0 Å². The summed E-state index contributed by atoms with van der Waals surface area (Å²) in [5.74, 6) is 3.54. The highest BCUT2D eigenvalue weighted by Crippen LogP contribution is 2.47. The summed E-state index contributed by atoms with van der Waals surface area (Å²) in [7, 11) is 7.53. The number of rotatable bonds is 0. The minimum atomic E-state index is 1.26. The fourth-order valence-corrected chi connectivity index (χ4v) is 5.86. The Balaban J connectivity index is 2.04. The monoisotopic (exact) mass is 169 g/mol. The molecular formula is C3H5S4. The molecule has 0 aromatic carbocycles. The van der Waals surface area contributed by atoms with Gasteiger partial charge in [-0.2, -0.15) is 0 Å². The molecule has 0 saturated carbocycles. The molecule has 1 aliphatic rings. The predicted octanol–water partition coefficient (Wildman–Crippen LogP) is 3.23. The van der Waals surface area contributed by atoms with Crippen molar-refractivity contribution in [2.24, 2.45) is 0 Å². The van der Waals surface area contributed by atoms with Gasteiger partial charge < -0.3 is 0 Å². The number of hydrogen-bond donors (Lipinski definition) is 0. The van der Waals surface area contributed by atoms with Gasteiger partial charge in [0.2, 0.25) is 0 Å². The first-order valence-corrected chi connectivity index (χ1v) is 6.98. The van der Waals surface area contributed by atoms with E-state index in [1.165, 1.54) is 12.2 Å². The molecule has 0 spiro atoms. The smallest absolute Gasteiger partial charge is 0.0295 e. The lowest BCUT2D eigenvalue weighted by molar-refractivity contribution is 1.23. The van der Waals surface area contributed by atoms with Gasteiger partial charge in [-0.25, -0.2) is 0 Å². The molecule has 4 heteroatoms. The zero-order valence-corrected chi connectivity index (χ0v) is 6.89. The summed E-state index contributed by atoms with van der Waals surface area (Å²) in [6.45, 7) is 0. The first kappa shape index (κ1) is 6.52. The first-order chi connectivity index (χ1) is 3.50. The van der Waals surface area contributed by atoms with Crippen LogP contribution < -0.4 is 0 Å². The Morgan fingerprint density at radius 3 is 3.29 bits per heavy atom. The highest BCUT2D eigenvalue weighted by Gasteiger charge is 1.98. The minimum absolute atomic E-state index is 1.26. The van der Waals surface area contributed by atoms with Gasteiger partial charge in [-0.05, 0) is 26.1 Å². The van der Waals surface area contributed by atoms with Crippen LogP contribution in [0.15, 0.2) is 0 Å². The molecule has 0 amide bonds. The molecule has 0 atom stereocenters. The van der Waals surface area contributed by atoms with Gasteiger partial charge in [0.25, 0.3) is 0 Å². The maximum Gasteiger partial charge on any atom is 0.0295 e. The quantitative estimate of drug-likeness (QED) is 0.510. The third-order valence-corrected chi connectivity index (χ3v) is 6.68. The fraction of sp³-hybridized carbons (Fsp3) is 0.667. The Kier molecular flexibility index (Phi) is 4.00. The van der Waals surface area contributed by atoms with Gasteiger partial charge >= 0.3 is 0 Å². The predicted molar refractivity (Wildman–Crippen MR) is 44.1 cm³/mol. The Bertz CT molecular complexity index is 26.5. The SMILES string of the molecule is [CH]1CCSSSS1. The van der Waals surface area contributed by atoms with Crippen LogP contribution in [0.2, 0.25) is 0 Å². The van der Waals surface area contributed by atoms with E-state index in [9.17, 15) is 0 Å². The topological polar surface area (TPSA) is 0 Å². The molecule has 0 aliphatic carbocycles. The molecule has 1 rings (SSSR count). The van der Waals surface area contributed by atoms with Crippen molar-refractivity contribution in [1.82, 2.24) is 0 Å². The van der Waals surface area contributed by atoms with E-state index in [1.54, 1.807) is 0 Å². The first-order valence-electron chi connectivity index (χ1n) is 1.93. The summed E-state index contributed by atoms with van der Waals surface area (Å²) < 4.78 is 0. The minimum Gasteiger partial charge on any atom is -0.0817 e. The second kappa shape index (κ2) is 4.30. The van der Waals surface area contributed by atoms with E-state index in [0.29, 0.717) is 0 Å². The summed E-state index contributed by atoms with van der Waals surface area (Å²) in [6.07, 6.45) is 1.26. The maximum absolute atomic E-state index is 2.26. The second-order valence-electron chi connectivity index (χ2n) is 1.01. The van der Waals surface area contributed by atoms with Crippen molar-refractivity contribution in [3.63, 3.8) is 0 Å². The van der Waals surface area contributed by atoms with E-state index >= 15 is 0 Å². The molecule has 0 nitrogen and oxygen atoms in total. The average Bonchev–Trinajstić information content (AvgIpc) is 1.90. The van der Waals surface area contributed by atoms with Crippen molar-refractivity contribution in [2.45, 2.75) is 6.42 Å². The Labute approximate surface area is 59.2 Å². The fourth-order valence-electron chi connectivity index (χ4n) is 0.242. The molecular weight excluding hydrogens is 164 g/mol. The van der Waals surface area contributed by atoms with Crippen molar-refractivity contribution in [2.75, 3.05) is 5.75 Å². The summed E-state index contributed by atoms with van der Waals surface area (Å²) in [4.78, 5) is 0. The van der Waals surface area contributed by atoms with Crippen molar-refractivity contribution < 1.29 is 0 Å². The molecule has 1 heterocycles. The molecule has 0 aromatic heterocycles. The van der Waals surface area contributed by atoms with Gasteiger partial charge in [-0.15, -0.1) is 0 Å². The standard InChI is InChI=1S/C3H5S4/c1-2-4-6-7-5-3-1/h2H,1,3H2. The zero-order chi connectivity index (χ0) is 4.95. The second-order valence-corrected chi connectivity index (χ2v) is 7.00. The van der Waals surface area contributed by atoms with Crippen molar-refractivity contribution >= 4 is 41.2 Å². The molecule has 7 heavy (non-hydrogen) atoms. The van der Waals surface area contributed by atoms with E-state index in [4.69, 9.17) is 0 Å². The molecule has 0 N–H and O–H groups in total. The van der Waals surface area contributed by atoms with Gasteiger partial charge in [-0.1, -0.05) is 21.6 Å². The van der Waals surface area contributed by atoms with Crippen LogP contribution in [0.3, 0.4) is 0 Å². The summed E-state index contributed by atoms with van der Waals surface area (Å²) in [5, 5.41) is 0. The summed E-state index contributed by atoms with van der Waals surface area (Å²) >= 11 is 0. The zero-order valence-electron chi connectivity index (χ0n) is 3.62. The van der Waals surface area contributed by atoms with E-state index in [-0.39, 0.29) is 0 Å². The normalized spacial score (nSPS) is 24.0. The number of hydrogen-bond acceptors (Lipinski definition) is 4. The van der Waals surface area contributed by atoms with Crippen LogP contribution in [-0.2, 0) is 0 Å². The summed E-state index contributed by atoms with van der Waals surface area (Å²) in [6, 6.07) is 0. The van der Waals surface area contributed by atoms with Gasteiger partial charge in [0.15, 0.2) is 0 Å². The molecule has 1 aliphatic heterocycles. The highest BCUT2D eigenvalue weighted by molar-refractivity contribution is 9.26. The molecule has 41 valence electrons. The van der Waals surface area contributed by atoms with E-state index in [0.717, 1.165) is 0 Å². The largest absolute Gasteiger partial charge is 0.0817 e. The molecule has 0 unspecified atom stereocenters. The van der Waals surface area contributed by atoms with Crippen molar-refractivity contribution in [3.8, 4) is 0 Å². The van der Waals surface area contributed by atoms with Gasteiger partial charge in [0.1, 0.15) is 0 Å². The molecule has 1 radical (unpaired) electrons. The Morgan fingerprint density at radius 2 is 2.29 bits per heavy atom. The highest BCUT2D eigenvalue weighted by atomic mass is 33.7. The maximum atomic E-state index is 2.26. The third-order valence-electron chi connectivity index (χ3n) is 0.502. The Morgan fingerprint density at radius 1 is 1.29 bits per heavy atom. The molecule has 0 bridgehead atoms. The van der Waals surface area contributed by atoms with Gasteiger partial charge in [-0.3, -0.25) is 0 Å². The van der Waals surface area contributed by atoms with Crippen LogP contribution in [0.4, 0.5) is 0 Å². The van der Waals surface area contributed by atoms with Crippen LogP contribution in [-0.4, -0.2) is 5.75 Å². The van der Waals surface area contributed by atoms with Gasteiger partial charge in [0, 0.05) is 11.5 Å². The molecule has 0 aromatic rings. The average molecular weight is 169 g/mol. The van der Waals surface area contributed by atoms with E-state index in [1.807, 2.05) is 41.2 Å². The van der Waals surface area contributed by atoms with Crippen molar-refractivity contribution in [1.29, 1.82) is 0 Å². The van der Waals surface area contributed by atoms with Crippen LogP contribution in [0.25, 0.3) is 0 Å². The van der Waals surface area contributed by atoms with Crippen molar-refractivity contribution in [3.05, 3.63) is 5.75 Å². The summed E-state index contributed by atoms with van der Waals surface area (Å²) in [5.41, 5.74) is 0. The lowest BCUT2D eigenvalue weighted by Crippen LogP contribution is -1.67. The lowest BCUT2D eigenvalue weighted by atomic mass is 10.6. The van der Waals surface area contributed by atoms with Gasteiger partial charge in [0.05, 0.1) is 0 Å². The molecule has 1 saturated heterocycles.